The molecule has 7 heteroatoms. The van der Waals surface area contributed by atoms with E-state index in [1.165, 1.54) is 12.1 Å². The topological polar surface area (TPSA) is 87.6 Å². The lowest BCUT2D eigenvalue weighted by Gasteiger charge is -2.07. The number of methoxy groups -OCH3 is 2. The second-order valence-corrected chi connectivity index (χ2v) is 4.49. The molecule has 0 saturated carbocycles. The maximum atomic E-state index is 10.8. The van der Waals surface area contributed by atoms with Crippen molar-refractivity contribution >= 4 is 16.8 Å². The first-order valence-electron chi connectivity index (χ1n) is 6.40. The molecule has 0 spiro atoms. The third kappa shape index (κ3) is 2.32. The molecule has 0 amide bonds. The van der Waals surface area contributed by atoms with Crippen molar-refractivity contribution in [3.63, 3.8) is 0 Å². The second kappa shape index (κ2) is 5.36. The van der Waals surface area contributed by atoms with Crippen LogP contribution in [0.25, 0.3) is 22.6 Å². The number of aromatic nitrogens is 1. The number of nitro benzene ring substituents is 1. The molecular weight excluding hydrogens is 288 g/mol. The van der Waals surface area contributed by atoms with Crippen molar-refractivity contribution in [3.05, 3.63) is 46.5 Å². The molecule has 0 radical (unpaired) electrons. The summed E-state index contributed by atoms with van der Waals surface area (Å²) >= 11 is 0. The molecule has 0 unspecified atom stereocenters. The molecule has 1 aromatic heterocycles. The Kier molecular flexibility index (Phi) is 3.38. The number of non-ortho nitro benzene ring substituents is 1. The number of benzene rings is 2. The maximum absolute atomic E-state index is 10.8. The molecule has 0 saturated heterocycles. The highest BCUT2D eigenvalue weighted by molar-refractivity contribution is 5.79. The summed E-state index contributed by atoms with van der Waals surface area (Å²) in [5.74, 6) is 1.51. The van der Waals surface area contributed by atoms with E-state index in [0.717, 1.165) is 0 Å². The van der Waals surface area contributed by atoms with Crippen LogP contribution in [0.4, 0.5) is 5.69 Å². The Morgan fingerprint density at radius 3 is 2.64 bits per heavy atom. The number of ether oxygens (including phenoxy) is 2. The molecule has 0 aliphatic heterocycles. The van der Waals surface area contributed by atoms with Crippen LogP contribution >= 0.6 is 0 Å². The number of rotatable bonds is 4. The average molecular weight is 300 g/mol. The third-order valence-corrected chi connectivity index (χ3v) is 3.22. The first-order chi connectivity index (χ1) is 10.6. The van der Waals surface area contributed by atoms with Gasteiger partial charge in [-0.15, -0.1) is 0 Å². The van der Waals surface area contributed by atoms with Gasteiger partial charge in [0.1, 0.15) is 17.0 Å². The standard InChI is InChI=1S/C15H12N2O5/c1-20-10-4-6-13(21-2)11(8-10)15-16-12-5-3-9(17(18)19)7-14(12)22-15/h3-8H,1-2H3. The third-order valence-electron chi connectivity index (χ3n) is 3.22. The van der Waals surface area contributed by atoms with Gasteiger partial charge in [0.25, 0.3) is 5.69 Å². The predicted octanol–water partition coefficient (Wildman–Crippen LogP) is 3.42. The number of nitro groups is 1. The van der Waals surface area contributed by atoms with E-state index in [0.29, 0.717) is 34.1 Å². The van der Waals surface area contributed by atoms with Crippen molar-refractivity contribution < 1.29 is 18.8 Å². The van der Waals surface area contributed by atoms with Crippen molar-refractivity contribution in [1.29, 1.82) is 0 Å². The van der Waals surface area contributed by atoms with Gasteiger partial charge in [0, 0.05) is 6.07 Å². The molecule has 0 aliphatic carbocycles. The summed E-state index contributed by atoms with van der Waals surface area (Å²) in [5.41, 5.74) is 1.44. The van der Waals surface area contributed by atoms with Crippen molar-refractivity contribution in [1.82, 2.24) is 4.98 Å². The van der Waals surface area contributed by atoms with Crippen molar-refractivity contribution in [2.75, 3.05) is 14.2 Å². The van der Waals surface area contributed by atoms with Crippen molar-refractivity contribution in [2.45, 2.75) is 0 Å². The molecular formula is C15H12N2O5. The minimum absolute atomic E-state index is 0.0483. The maximum Gasteiger partial charge on any atom is 0.273 e. The van der Waals surface area contributed by atoms with Crippen LogP contribution in [0, 0.1) is 10.1 Å². The molecule has 7 nitrogen and oxygen atoms in total. The fourth-order valence-electron chi connectivity index (χ4n) is 2.12. The molecule has 0 N–H and O–H groups in total. The minimum atomic E-state index is -0.478. The van der Waals surface area contributed by atoms with Crippen LogP contribution in [-0.4, -0.2) is 24.1 Å². The summed E-state index contributed by atoms with van der Waals surface area (Å²) in [6, 6.07) is 9.52. The van der Waals surface area contributed by atoms with E-state index in [1.807, 2.05) is 0 Å². The lowest BCUT2D eigenvalue weighted by molar-refractivity contribution is -0.384. The van der Waals surface area contributed by atoms with Gasteiger partial charge < -0.3 is 13.9 Å². The Hall–Kier alpha value is -3.09. The Bertz CT molecular complexity index is 856. The smallest absolute Gasteiger partial charge is 0.273 e. The Labute approximate surface area is 125 Å². The van der Waals surface area contributed by atoms with Gasteiger partial charge in [-0.3, -0.25) is 10.1 Å². The Balaban J connectivity index is 2.15. The first-order valence-corrected chi connectivity index (χ1v) is 6.40. The summed E-state index contributed by atoms with van der Waals surface area (Å²) in [6.45, 7) is 0. The Morgan fingerprint density at radius 2 is 1.95 bits per heavy atom. The summed E-state index contributed by atoms with van der Waals surface area (Å²) in [5, 5.41) is 10.8. The SMILES string of the molecule is COc1ccc(OC)c(-c2nc3ccc([N+](=O)[O-])cc3o2)c1. The van der Waals surface area contributed by atoms with Gasteiger partial charge in [-0.25, -0.2) is 4.98 Å². The highest BCUT2D eigenvalue weighted by Gasteiger charge is 2.16. The van der Waals surface area contributed by atoms with Crippen molar-refractivity contribution in [3.8, 4) is 23.0 Å². The molecule has 0 atom stereocenters. The number of oxazole rings is 1. The second-order valence-electron chi connectivity index (χ2n) is 4.49. The van der Waals surface area contributed by atoms with Crippen LogP contribution in [0.2, 0.25) is 0 Å². The summed E-state index contributed by atoms with van der Waals surface area (Å²) in [6.07, 6.45) is 0. The van der Waals surface area contributed by atoms with E-state index >= 15 is 0 Å². The zero-order valence-electron chi connectivity index (χ0n) is 11.9. The van der Waals surface area contributed by atoms with Gasteiger partial charge in [0.15, 0.2) is 5.58 Å². The predicted molar refractivity (Wildman–Crippen MR) is 79.2 cm³/mol. The van der Waals surface area contributed by atoms with E-state index < -0.39 is 4.92 Å². The van der Waals surface area contributed by atoms with E-state index in [4.69, 9.17) is 13.9 Å². The van der Waals surface area contributed by atoms with E-state index in [1.54, 1.807) is 38.5 Å². The fraction of sp³-hybridized carbons (Fsp3) is 0.133. The average Bonchev–Trinajstić information content (AvgIpc) is 2.96. The molecule has 3 aromatic rings. The van der Waals surface area contributed by atoms with E-state index in [-0.39, 0.29) is 5.69 Å². The summed E-state index contributed by atoms with van der Waals surface area (Å²) in [4.78, 5) is 14.7. The highest BCUT2D eigenvalue weighted by Crippen LogP contribution is 2.35. The first kappa shape index (κ1) is 13.9. The Morgan fingerprint density at radius 1 is 1.14 bits per heavy atom. The van der Waals surface area contributed by atoms with Gasteiger partial charge in [-0.05, 0) is 24.3 Å². The number of nitrogens with zero attached hydrogens (tertiary/aromatic N) is 2. The minimum Gasteiger partial charge on any atom is -0.497 e. The van der Waals surface area contributed by atoms with Crippen LogP contribution in [0.3, 0.4) is 0 Å². The highest BCUT2D eigenvalue weighted by atomic mass is 16.6. The van der Waals surface area contributed by atoms with E-state index in [9.17, 15) is 10.1 Å². The van der Waals surface area contributed by atoms with Crippen LogP contribution in [0.1, 0.15) is 0 Å². The molecule has 0 bridgehead atoms. The van der Waals surface area contributed by atoms with Gasteiger partial charge in [-0.1, -0.05) is 0 Å². The van der Waals surface area contributed by atoms with E-state index in [2.05, 4.69) is 4.98 Å². The molecule has 1 heterocycles. The molecule has 112 valence electrons. The molecule has 22 heavy (non-hydrogen) atoms. The summed E-state index contributed by atoms with van der Waals surface area (Å²) in [7, 11) is 3.10. The normalized spacial score (nSPS) is 10.6. The number of fused-ring (bicyclic) bond motifs is 1. The molecule has 0 fully saturated rings. The van der Waals surface area contributed by atoms with Gasteiger partial charge in [-0.2, -0.15) is 0 Å². The van der Waals surface area contributed by atoms with Gasteiger partial charge in [0.2, 0.25) is 5.89 Å². The number of hydrogen-bond acceptors (Lipinski definition) is 6. The summed E-state index contributed by atoms with van der Waals surface area (Å²) < 4.78 is 16.1. The van der Waals surface area contributed by atoms with Crippen LogP contribution in [-0.2, 0) is 0 Å². The van der Waals surface area contributed by atoms with Crippen LogP contribution in [0.5, 0.6) is 11.5 Å². The van der Waals surface area contributed by atoms with Gasteiger partial charge >= 0.3 is 0 Å². The molecule has 3 rings (SSSR count). The molecule has 2 aromatic carbocycles. The van der Waals surface area contributed by atoms with Crippen molar-refractivity contribution in [2.24, 2.45) is 0 Å². The fourth-order valence-corrected chi connectivity index (χ4v) is 2.12. The number of hydrogen-bond donors (Lipinski definition) is 0. The monoisotopic (exact) mass is 300 g/mol. The lowest BCUT2D eigenvalue weighted by Crippen LogP contribution is -1.90. The zero-order valence-corrected chi connectivity index (χ0v) is 11.9. The van der Waals surface area contributed by atoms with Crippen LogP contribution in [0.15, 0.2) is 40.8 Å². The molecule has 0 aliphatic rings. The zero-order chi connectivity index (χ0) is 15.7. The van der Waals surface area contributed by atoms with Gasteiger partial charge in [0.05, 0.1) is 30.8 Å². The lowest BCUT2D eigenvalue weighted by atomic mass is 10.2. The van der Waals surface area contributed by atoms with Crippen LogP contribution < -0.4 is 9.47 Å². The quantitative estimate of drug-likeness (QED) is 0.542. The largest absolute Gasteiger partial charge is 0.497 e.